The van der Waals surface area contributed by atoms with Crippen LogP contribution in [-0.2, 0) is 9.59 Å². The molecule has 1 saturated carbocycles. The molecule has 2 N–H and O–H groups in total. The van der Waals surface area contributed by atoms with E-state index < -0.39 is 23.7 Å². The molecule has 114 valence electrons. The molecule has 3 atom stereocenters. The summed E-state index contributed by atoms with van der Waals surface area (Å²) in [6.45, 7) is 1.99. The Kier molecular flexibility index (Phi) is 5.00. The standard InChI is InChI=1S/C13H15Cl2N3O3/c1-2-6-3-7(8(4-6)13(20)21)12(19)18-11-9(14)10(15)16-5-17-11/h5-8H,2-4H2,1H3,(H,20,21)(H,16,17,18,19). The highest BCUT2D eigenvalue weighted by molar-refractivity contribution is 6.42. The zero-order valence-corrected chi connectivity index (χ0v) is 12.9. The van der Waals surface area contributed by atoms with E-state index in [0.717, 1.165) is 6.42 Å². The molecule has 0 saturated heterocycles. The van der Waals surface area contributed by atoms with E-state index in [1.54, 1.807) is 0 Å². The average Bonchev–Trinajstić information content (AvgIpc) is 2.88. The van der Waals surface area contributed by atoms with Crippen LogP contribution in [0.5, 0.6) is 0 Å². The molecule has 0 radical (unpaired) electrons. The number of carbonyl (C=O) groups excluding carboxylic acids is 1. The molecule has 0 bridgehead atoms. The number of nitrogens with zero attached hydrogens (tertiary/aromatic N) is 2. The van der Waals surface area contributed by atoms with Gasteiger partial charge in [0, 0.05) is 0 Å². The van der Waals surface area contributed by atoms with E-state index in [2.05, 4.69) is 15.3 Å². The predicted octanol–water partition coefficient (Wildman–Crippen LogP) is 2.86. The predicted molar refractivity (Wildman–Crippen MR) is 78.3 cm³/mol. The summed E-state index contributed by atoms with van der Waals surface area (Å²) < 4.78 is 0. The number of halogens is 2. The summed E-state index contributed by atoms with van der Waals surface area (Å²) in [4.78, 5) is 31.2. The fraction of sp³-hybridized carbons (Fsp3) is 0.538. The van der Waals surface area contributed by atoms with Crippen LogP contribution < -0.4 is 5.32 Å². The third kappa shape index (κ3) is 3.44. The second-order valence-corrected chi connectivity index (χ2v) is 5.85. The van der Waals surface area contributed by atoms with Crippen LogP contribution in [0.1, 0.15) is 26.2 Å². The van der Waals surface area contributed by atoms with Gasteiger partial charge in [-0.15, -0.1) is 0 Å². The minimum atomic E-state index is -0.946. The molecule has 1 aliphatic rings. The highest BCUT2D eigenvalue weighted by Gasteiger charge is 2.42. The van der Waals surface area contributed by atoms with Crippen LogP contribution in [0.3, 0.4) is 0 Å². The molecule has 8 heteroatoms. The Hall–Kier alpha value is -1.40. The zero-order valence-electron chi connectivity index (χ0n) is 11.3. The number of carboxylic acids is 1. The monoisotopic (exact) mass is 331 g/mol. The normalized spacial score (nSPS) is 24.8. The number of carboxylic acid groups (broad SMARTS) is 1. The summed E-state index contributed by atoms with van der Waals surface area (Å²) in [5, 5.41) is 11.9. The van der Waals surface area contributed by atoms with Crippen molar-refractivity contribution in [3.05, 3.63) is 16.5 Å². The minimum absolute atomic E-state index is 0.0367. The second-order valence-electron chi connectivity index (χ2n) is 5.11. The van der Waals surface area contributed by atoms with Crippen molar-refractivity contribution in [2.24, 2.45) is 17.8 Å². The van der Waals surface area contributed by atoms with Gasteiger partial charge < -0.3 is 10.4 Å². The lowest BCUT2D eigenvalue weighted by atomic mass is 9.95. The number of rotatable bonds is 4. The van der Waals surface area contributed by atoms with Gasteiger partial charge in [0.05, 0.1) is 11.8 Å². The van der Waals surface area contributed by atoms with Gasteiger partial charge in [0.25, 0.3) is 0 Å². The SMILES string of the molecule is CCC1CC(C(=O)O)C(C(=O)Nc2ncnc(Cl)c2Cl)C1. The molecule has 1 heterocycles. The molecular weight excluding hydrogens is 317 g/mol. The third-order valence-electron chi connectivity index (χ3n) is 3.88. The Morgan fingerprint density at radius 3 is 2.62 bits per heavy atom. The first-order chi connectivity index (χ1) is 9.93. The zero-order chi connectivity index (χ0) is 15.6. The Morgan fingerprint density at radius 1 is 1.33 bits per heavy atom. The van der Waals surface area contributed by atoms with Crippen molar-refractivity contribution in [3.8, 4) is 0 Å². The highest BCUT2D eigenvalue weighted by atomic mass is 35.5. The molecule has 0 aromatic carbocycles. The van der Waals surface area contributed by atoms with Crippen molar-refractivity contribution < 1.29 is 14.7 Å². The lowest BCUT2D eigenvalue weighted by Gasteiger charge is -2.15. The maximum atomic E-state index is 12.3. The fourth-order valence-electron chi connectivity index (χ4n) is 2.68. The van der Waals surface area contributed by atoms with E-state index in [1.165, 1.54) is 6.33 Å². The molecule has 21 heavy (non-hydrogen) atoms. The van der Waals surface area contributed by atoms with Crippen molar-refractivity contribution in [1.29, 1.82) is 0 Å². The highest BCUT2D eigenvalue weighted by Crippen LogP contribution is 2.39. The van der Waals surface area contributed by atoms with Crippen molar-refractivity contribution in [3.63, 3.8) is 0 Å². The number of hydrogen-bond acceptors (Lipinski definition) is 4. The first-order valence-corrected chi connectivity index (χ1v) is 7.39. The van der Waals surface area contributed by atoms with Gasteiger partial charge in [-0.05, 0) is 18.8 Å². The minimum Gasteiger partial charge on any atom is -0.481 e. The summed E-state index contributed by atoms with van der Waals surface area (Å²) in [5.74, 6) is -2.26. The Balaban J connectivity index is 2.15. The van der Waals surface area contributed by atoms with E-state index in [1.807, 2.05) is 6.92 Å². The van der Waals surface area contributed by atoms with Crippen LogP contribution in [0.25, 0.3) is 0 Å². The van der Waals surface area contributed by atoms with Crippen LogP contribution >= 0.6 is 23.2 Å². The largest absolute Gasteiger partial charge is 0.481 e. The number of aromatic nitrogens is 2. The van der Waals surface area contributed by atoms with Crippen molar-refractivity contribution >= 4 is 40.9 Å². The van der Waals surface area contributed by atoms with Crippen LogP contribution in [0.4, 0.5) is 5.82 Å². The Labute approximate surface area is 131 Å². The van der Waals surface area contributed by atoms with Gasteiger partial charge in [0.2, 0.25) is 5.91 Å². The van der Waals surface area contributed by atoms with Gasteiger partial charge in [-0.3, -0.25) is 9.59 Å². The lowest BCUT2D eigenvalue weighted by Crippen LogP contribution is -2.30. The molecule has 1 amide bonds. The van der Waals surface area contributed by atoms with E-state index >= 15 is 0 Å². The van der Waals surface area contributed by atoms with E-state index in [4.69, 9.17) is 23.2 Å². The van der Waals surface area contributed by atoms with E-state index in [0.29, 0.717) is 12.8 Å². The van der Waals surface area contributed by atoms with Crippen molar-refractivity contribution in [2.75, 3.05) is 5.32 Å². The molecule has 1 aliphatic carbocycles. The second kappa shape index (κ2) is 6.58. The summed E-state index contributed by atoms with van der Waals surface area (Å²) in [7, 11) is 0. The maximum absolute atomic E-state index is 12.3. The first-order valence-electron chi connectivity index (χ1n) is 6.63. The van der Waals surface area contributed by atoms with Gasteiger partial charge in [0.15, 0.2) is 11.0 Å². The van der Waals surface area contributed by atoms with Crippen molar-refractivity contribution in [1.82, 2.24) is 9.97 Å². The lowest BCUT2D eigenvalue weighted by molar-refractivity contribution is -0.145. The summed E-state index contributed by atoms with van der Waals surface area (Å²) in [6.07, 6.45) is 3.10. The number of hydrogen-bond donors (Lipinski definition) is 2. The number of amides is 1. The molecule has 1 aromatic heterocycles. The van der Waals surface area contributed by atoms with Gasteiger partial charge in [-0.2, -0.15) is 0 Å². The van der Waals surface area contributed by atoms with Crippen LogP contribution in [0.2, 0.25) is 10.2 Å². The maximum Gasteiger partial charge on any atom is 0.307 e. The number of anilines is 1. The van der Waals surface area contributed by atoms with Gasteiger partial charge in [0.1, 0.15) is 11.3 Å². The van der Waals surface area contributed by atoms with Crippen LogP contribution in [0.15, 0.2) is 6.33 Å². The number of nitrogens with one attached hydrogen (secondary N) is 1. The van der Waals surface area contributed by atoms with Gasteiger partial charge >= 0.3 is 5.97 Å². The average molecular weight is 332 g/mol. The smallest absolute Gasteiger partial charge is 0.307 e. The quantitative estimate of drug-likeness (QED) is 0.827. The summed E-state index contributed by atoms with van der Waals surface area (Å²) in [6, 6.07) is 0. The number of carbonyl (C=O) groups is 2. The van der Waals surface area contributed by atoms with Gasteiger partial charge in [-0.25, -0.2) is 9.97 Å². The molecule has 0 spiro atoms. The molecule has 1 fully saturated rings. The molecular formula is C13H15Cl2N3O3. The van der Waals surface area contributed by atoms with Crippen LogP contribution in [-0.4, -0.2) is 27.0 Å². The molecule has 0 aliphatic heterocycles. The molecule has 3 unspecified atom stereocenters. The topological polar surface area (TPSA) is 92.2 Å². The summed E-state index contributed by atoms with van der Waals surface area (Å²) in [5.41, 5.74) is 0. The fourth-order valence-corrected chi connectivity index (χ4v) is 2.96. The van der Waals surface area contributed by atoms with Crippen LogP contribution in [0, 0.1) is 17.8 Å². The Morgan fingerprint density at radius 2 is 2.00 bits per heavy atom. The van der Waals surface area contributed by atoms with E-state index in [-0.39, 0.29) is 21.9 Å². The first kappa shape index (κ1) is 16.0. The molecule has 2 rings (SSSR count). The van der Waals surface area contributed by atoms with E-state index in [9.17, 15) is 14.7 Å². The summed E-state index contributed by atoms with van der Waals surface area (Å²) >= 11 is 11.7. The molecule has 6 nitrogen and oxygen atoms in total. The van der Waals surface area contributed by atoms with Gasteiger partial charge in [-0.1, -0.05) is 36.5 Å². The number of aliphatic carboxylic acids is 1. The Bertz CT molecular complexity index is 568. The van der Waals surface area contributed by atoms with Crippen molar-refractivity contribution in [2.45, 2.75) is 26.2 Å². The molecule has 1 aromatic rings. The third-order valence-corrected chi connectivity index (χ3v) is 4.62.